The van der Waals surface area contributed by atoms with Crippen molar-refractivity contribution in [3.05, 3.63) is 164 Å². The molecule has 0 fully saturated rings. The summed E-state index contributed by atoms with van der Waals surface area (Å²) in [5.41, 5.74) is 9.05. The predicted molar refractivity (Wildman–Crippen MR) is 212 cm³/mol. The molecule has 0 radical (unpaired) electrons. The summed E-state index contributed by atoms with van der Waals surface area (Å²) in [6, 6.07) is 58.1. The van der Waals surface area contributed by atoms with E-state index >= 15 is 0 Å². The molecule has 3 aromatic heterocycles. The largest absolute Gasteiger partial charge is 0.456 e. The van der Waals surface area contributed by atoms with Crippen LogP contribution in [0, 0.1) is 0 Å². The quantitative estimate of drug-likeness (QED) is 0.189. The molecule has 0 bridgehead atoms. The normalized spacial score (nSPS) is 12.0. The zero-order valence-corrected chi connectivity index (χ0v) is 27.6. The summed E-state index contributed by atoms with van der Waals surface area (Å²) in [5, 5.41) is 9.43. The van der Waals surface area contributed by atoms with Gasteiger partial charge in [0.25, 0.3) is 0 Å². The minimum Gasteiger partial charge on any atom is -0.456 e. The second-order valence-electron chi connectivity index (χ2n) is 12.8. The Labute approximate surface area is 290 Å². The molecule has 0 saturated carbocycles. The lowest BCUT2D eigenvalue weighted by atomic mass is 9.93. The van der Waals surface area contributed by atoms with Crippen LogP contribution in [0.4, 0.5) is 17.1 Å². The summed E-state index contributed by atoms with van der Waals surface area (Å²) in [5.74, 6) is 0. The Morgan fingerprint density at radius 1 is 0.400 bits per heavy atom. The number of furan rings is 2. The number of nitrogens with zero attached hydrogens (tertiary/aromatic N) is 1. The monoisotopic (exact) mass is 657 g/mol. The Morgan fingerprint density at radius 3 is 1.90 bits per heavy atom. The van der Waals surface area contributed by atoms with Gasteiger partial charge in [0.15, 0.2) is 0 Å². The molecule has 11 rings (SSSR count). The van der Waals surface area contributed by atoms with Gasteiger partial charge in [0, 0.05) is 70.1 Å². The molecule has 0 unspecified atom stereocenters. The number of benzene rings is 8. The van der Waals surface area contributed by atoms with Crippen LogP contribution in [0.15, 0.2) is 173 Å². The van der Waals surface area contributed by atoms with Crippen LogP contribution in [0.25, 0.3) is 85.9 Å². The molecule has 3 heterocycles. The maximum Gasteiger partial charge on any atom is 0.144 e. The van der Waals surface area contributed by atoms with Crippen molar-refractivity contribution in [1.82, 2.24) is 0 Å². The molecular weight excluding hydrogens is 631 g/mol. The molecule has 0 amide bonds. The predicted octanol–water partition coefficient (Wildman–Crippen LogP) is 14.1. The third kappa shape index (κ3) is 3.97. The van der Waals surface area contributed by atoms with Crippen LogP contribution >= 0.6 is 11.3 Å². The fourth-order valence-corrected chi connectivity index (χ4v) is 9.07. The highest BCUT2D eigenvalue weighted by molar-refractivity contribution is 7.26. The Balaban J connectivity index is 1.19. The third-order valence-corrected chi connectivity index (χ3v) is 11.3. The van der Waals surface area contributed by atoms with E-state index in [4.69, 9.17) is 8.83 Å². The Bertz CT molecular complexity index is 3110. The molecule has 0 aliphatic carbocycles. The molecular formula is C46H27NO2S. The lowest BCUT2D eigenvalue weighted by Gasteiger charge is -2.27. The van der Waals surface area contributed by atoms with Gasteiger partial charge in [0.2, 0.25) is 0 Å². The molecule has 50 heavy (non-hydrogen) atoms. The van der Waals surface area contributed by atoms with Gasteiger partial charge in [-0.15, -0.1) is 11.3 Å². The molecule has 0 aliphatic heterocycles. The van der Waals surface area contributed by atoms with Gasteiger partial charge >= 0.3 is 0 Å². The molecule has 0 aliphatic rings. The highest BCUT2D eigenvalue weighted by Crippen LogP contribution is 2.49. The van der Waals surface area contributed by atoms with E-state index in [0.29, 0.717) is 0 Å². The maximum absolute atomic E-state index is 6.76. The first-order chi connectivity index (χ1) is 24.8. The molecule has 11 aromatic rings. The average Bonchev–Trinajstić information content (AvgIpc) is 3.86. The van der Waals surface area contributed by atoms with Gasteiger partial charge in [-0.1, -0.05) is 103 Å². The Hall–Kier alpha value is -6.36. The van der Waals surface area contributed by atoms with Gasteiger partial charge in [0.05, 0.1) is 5.69 Å². The number of hydrogen-bond donors (Lipinski definition) is 0. The summed E-state index contributed by atoms with van der Waals surface area (Å²) in [6.07, 6.45) is 0. The van der Waals surface area contributed by atoms with E-state index in [1.807, 2.05) is 23.5 Å². The SMILES string of the molecule is c1ccc(N(c2ccc3c(c2)oc2ccccc23)c2ccc(-c3cc4c5ccccc5sc4c4c3oc3ccccc34)c3ccccc23)cc1. The van der Waals surface area contributed by atoms with Crippen molar-refractivity contribution in [3.8, 4) is 11.1 Å². The minimum atomic E-state index is 0.870. The molecule has 0 N–H and O–H groups in total. The fourth-order valence-electron chi connectivity index (χ4n) is 7.84. The number of para-hydroxylation sites is 3. The molecule has 0 atom stereocenters. The van der Waals surface area contributed by atoms with E-state index in [1.165, 1.54) is 25.6 Å². The second kappa shape index (κ2) is 10.6. The van der Waals surface area contributed by atoms with Crippen LogP contribution in [0.2, 0.25) is 0 Å². The van der Waals surface area contributed by atoms with Crippen LogP contribution in [0.1, 0.15) is 0 Å². The first kappa shape index (κ1) is 27.6. The molecule has 8 aromatic carbocycles. The molecule has 0 spiro atoms. The van der Waals surface area contributed by atoms with E-state index in [9.17, 15) is 0 Å². The van der Waals surface area contributed by atoms with E-state index in [0.717, 1.165) is 77.5 Å². The number of fused-ring (bicyclic) bond motifs is 11. The van der Waals surface area contributed by atoms with E-state index in [-0.39, 0.29) is 0 Å². The van der Waals surface area contributed by atoms with Crippen LogP contribution in [0.5, 0.6) is 0 Å². The van der Waals surface area contributed by atoms with Crippen molar-refractivity contribution in [1.29, 1.82) is 0 Å². The maximum atomic E-state index is 6.76. The Kier molecular flexibility index (Phi) is 5.83. The van der Waals surface area contributed by atoms with Gasteiger partial charge in [0.1, 0.15) is 22.3 Å². The first-order valence-electron chi connectivity index (χ1n) is 16.8. The van der Waals surface area contributed by atoms with Crippen molar-refractivity contribution >= 4 is 103 Å². The summed E-state index contributed by atoms with van der Waals surface area (Å²) >= 11 is 1.85. The number of hydrogen-bond acceptors (Lipinski definition) is 4. The van der Waals surface area contributed by atoms with Crippen molar-refractivity contribution in [2.75, 3.05) is 4.90 Å². The highest BCUT2D eigenvalue weighted by Gasteiger charge is 2.23. The number of anilines is 3. The van der Waals surface area contributed by atoms with E-state index < -0.39 is 0 Å². The highest BCUT2D eigenvalue weighted by atomic mass is 32.1. The van der Waals surface area contributed by atoms with Crippen molar-refractivity contribution in [2.45, 2.75) is 0 Å². The first-order valence-corrected chi connectivity index (χ1v) is 17.7. The van der Waals surface area contributed by atoms with Crippen LogP contribution in [-0.4, -0.2) is 0 Å². The van der Waals surface area contributed by atoms with Gasteiger partial charge in [-0.25, -0.2) is 0 Å². The van der Waals surface area contributed by atoms with Gasteiger partial charge in [-0.05, 0) is 65.5 Å². The standard InChI is InChI=1S/C46H27NO2S/c1-2-12-28(13-3-1)47(29-22-23-34-33-16-6-9-19-40(33)48-42(34)26-29)39-25-24-31(30-14-4-5-15-32(30)39)37-27-38-35-17-8-11-21-43(35)50-46(38)44-36-18-7-10-20-41(36)49-45(37)44/h1-27H. The van der Waals surface area contributed by atoms with Gasteiger partial charge < -0.3 is 13.7 Å². The Morgan fingerprint density at radius 2 is 1.06 bits per heavy atom. The summed E-state index contributed by atoms with van der Waals surface area (Å²) < 4.78 is 15.7. The minimum absolute atomic E-state index is 0.870. The fraction of sp³-hybridized carbons (Fsp3) is 0. The van der Waals surface area contributed by atoms with Crippen LogP contribution < -0.4 is 4.90 Å². The van der Waals surface area contributed by atoms with Crippen molar-refractivity contribution in [2.24, 2.45) is 0 Å². The molecule has 3 nitrogen and oxygen atoms in total. The van der Waals surface area contributed by atoms with Gasteiger partial charge in [-0.2, -0.15) is 0 Å². The number of rotatable bonds is 4. The summed E-state index contributed by atoms with van der Waals surface area (Å²) in [7, 11) is 0. The zero-order valence-electron chi connectivity index (χ0n) is 26.8. The van der Waals surface area contributed by atoms with Gasteiger partial charge in [-0.3, -0.25) is 0 Å². The number of thiophene rings is 1. The second-order valence-corrected chi connectivity index (χ2v) is 13.9. The molecule has 4 heteroatoms. The van der Waals surface area contributed by atoms with Crippen LogP contribution in [-0.2, 0) is 0 Å². The molecule has 234 valence electrons. The zero-order chi connectivity index (χ0) is 32.8. The smallest absolute Gasteiger partial charge is 0.144 e. The lowest BCUT2D eigenvalue weighted by molar-refractivity contribution is 0.669. The average molecular weight is 658 g/mol. The molecule has 0 saturated heterocycles. The van der Waals surface area contributed by atoms with Crippen molar-refractivity contribution < 1.29 is 8.83 Å². The van der Waals surface area contributed by atoms with E-state index in [2.05, 4.69) is 157 Å². The van der Waals surface area contributed by atoms with Crippen LogP contribution in [0.3, 0.4) is 0 Å². The van der Waals surface area contributed by atoms with Crippen molar-refractivity contribution in [3.63, 3.8) is 0 Å². The topological polar surface area (TPSA) is 29.5 Å². The van der Waals surface area contributed by atoms with E-state index in [1.54, 1.807) is 0 Å². The summed E-state index contributed by atoms with van der Waals surface area (Å²) in [6.45, 7) is 0. The lowest BCUT2D eigenvalue weighted by Crippen LogP contribution is -2.10. The summed E-state index contributed by atoms with van der Waals surface area (Å²) in [4.78, 5) is 2.34. The third-order valence-electron chi connectivity index (χ3n) is 10.1.